The zero-order valence-electron chi connectivity index (χ0n) is 12.6. The molecular weight excluding hydrogens is 336 g/mol. The van der Waals surface area contributed by atoms with Crippen LogP contribution in [0.25, 0.3) is 0 Å². The Hall–Kier alpha value is -0.490. The predicted molar refractivity (Wildman–Crippen MR) is 87.5 cm³/mol. The highest BCUT2D eigenvalue weighted by Gasteiger charge is 2.26. The van der Waals surface area contributed by atoms with Crippen LogP contribution in [0, 0.1) is 17.5 Å². The fraction of sp³-hybridized carbons (Fsp3) is 0.600. The predicted octanol–water partition coefficient (Wildman–Crippen LogP) is 4.08. The topological polar surface area (TPSA) is 15.3 Å². The summed E-state index contributed by atoms with van der Waals surface area (Å²) in [5.41, 5.74) is 0.151. The monoisotopic (exact) mass is 358 g/mol. The number of halogens is 5. The molecule has 2 rings (SSSR count). The maximum Gasteiger partial charge on any atom is 0.163 e. The first-order chi connectivity index (χ1) is 9.63. The van der Waals surface area contributed by atoms with E-state index in [2.05, 4.69) is 17.1 Å². The van der Waals surface area contributed by atoms with Crippen LogP contribution in [-0.4, -0.2) is 31.1 Å². The summed E-state index contributed by atoms with van der Waals surface area (Å²) in [7, 11) is 0. The summed E-state index contributed by atoms with van der Waals surface area (Å²) >= 11 is 0. The van der Waals surface area contributed by atoms with Crippen LogP contribution in [0.3, 0.4) is 0 Å². The molecule has 1 saturated heterocycles. The lowest BCUT2D eigenvalue weighted by atomic mass is 9.98. The van der Waals surface area contributed by atoms with Crippen molar-refractivity contribution in [2.45, 2.75) is 32.2 Å². The van der Waals surface area contributed by atoms with Gasteiger partial charge in [-0.3, -0.25) is 4.90 Å². The number of benzene rings is 1. The molecule has 0 saturated carbocycles. The number of rotatable bonds is 5. The smallest absolute Gasteiger partial charge is 0.163 e. The number of piperazine rings is 1. The molecule has 1 atom stereocenters. The second-order valence-electron chi connectivity index (χ2n) is 5.23. The largest absolute Gasteiger partial charge is 0.314 e. The average Bonchev–Trinajstić information content (AvgIpc) is 2.45. The van der Waals surface area contributed by atoms with E-state index in [1.165, 1.54) is 0 Å². The van der Waals surface area contributed by atoms with E-state index in [0.29, 0.717) is 6.07 Å². The molecule has 7 heteroatoms. The molecule has 1 N–H and O–H groups in total. The lowest BCUT2D eigenvalue weighted by molar-refractivity contribution is 0.159. The molecule has 1 heterocycles. The summed E-state index contributed by atoms with van der Waals surface area (Å²) < 4.78 is 40.9. The molecule has 1 fully saturated rings. The van der Waals surface area contributed by atoms with Crippen LogP contribution in [0.5, 0.6) is 0 Å². The van der Waals surface area contributed by atoms with E-state index in [4.69, 9.17) is 0 Å². The summed E-state index contributed by atoms with van der Waals surface area (Å²) in [6, 6.07) is 1.50. The molecule has 1 aliphatic rings. The number of hydrogen-bond acceptors (Lipinski definition) is 2. The quantitative estimate of drug-likeness (QED) is 0.797. The third kappa shape index (κ3) is 5.30. The van der Waals surface area contributed by atoms with Crippen molar-refractivity contribution in [3.63, 3.8) is 0 Å². The first kappa shape index (κ1) is 21.5. The van der Waals surface area contributed by atoms with Crippen LogP contribution in [0.2, 0.25) is 0 Å². The molecule has 0 amide bonds. The van der Waals surface area contributed by atoms with Crippen LogP contribution in [0.1, 0.15) is 37.8 Å². The van der Waals surface area contributed by atoms with Crippen molar-refractivity contribution in [1.29, 1.82) is 0 Å². The van der Waals surface area contributed by atoms with Crippen molar-refractivity contribution in [2.24, 2.45) is 0 Å². The van der Waals surface area contributed by atoms with Gasteiger partial charge in [-0.1, -0.05) is 19.8 Å². The van der Waals surface area contributed by atoms with Crippen LogP contribution >= 0.6 is 24.8 Å². The van der Waals surface area contributed by atoms with E-state index in [0.717, 1.165) is 51.5 Å². The normalized spacial score (nSPS) is 16.5. The minimum absolute atomic E-state index is 0. The molecule has 1 aromatic rings. The van der Waals surface area contributed by atoms with Gasteiger partial charge >= 0.3 is 0 Å². The van der Waals surface area contributed by atoms with Gasteiger partial charge in [0.15, 0.2) is 11.6 Å². The molecule has 0 radical (unpaired) electrons. The van der Waals surface area contributed by atoms with Gasteiger partial charge in [-0.05, 0) is 12.5 Å². The Morgan fingerprint density at radius 1 is 1.14 bits per heavy atom. The molecule has 1 aromatic carbocycles. The van der Waals surface area contributed by atoms with Crippen LogP contribution in [0.4, 0.5) is 13.2 Å². The summed E-state index contributed by atoms with van der Waals surface area (Å²) in [5.74, 6) is -2.72. The van der Waals surface area contributed by atoms with Gasteiger partial charge < -0.3 is 5.32 Å². The Morgan fingerprint density at radius 2 is 1.77 bits per heavy atom. The van der Waals surface area contributed by atoms with E-state index >= 15 is 0 Å². The molecule has 0 unspecified atom stereocenters. The first-order valence-corrected chi connectivity index (χ1v) is 7.22. The third-order valence-electron chi connectivity index (χ3n) is 3.80. The summed E-state index contributed by atoms with van der Waals surface area (Å²) in [6.45, 7) is 5.24. The van der Waals surface area contributed by atoms with Crippen molar-refractivity contribution in [2.75, 3.05) is 26.2 Å². The molecule has 0 bridgehead atoms. The SMILES string of the molecule is CCCC[C@H](c1cc(F)cc(F)c1F)N1CCNCC1.Cl.Cl. The van der Waals surface area contributed by atoms with E-state index in [9.17, 15) is 13.2 Å². The summed E-state index contributed by atoms with van der Waals surface area (Å²) in [4.78, 5) is 2.11. The van der Waals surface area contributed by atoms with Crippen molar-refractivity contribution in [3.05, 3.63) is 35.1 Å². The molecule has 0 aliphatic carbocycles. The highest BCUT2D eigenvalue weighted by molar-refractivity contribution is 5.85. The molecule has 22 heavy (non-hydrogen) atoms. The number of nitrogens with zero attached hydrogens (tertiary/aromatic N) is 1. The van der Waals surface area contributed by atoms with Gasteiger partial charge in [-0.15, -0.1) is 24.8 Å². The molecule has 2 nitrogen and oxygen atoms in total. The zero-order chi connectivity index (χ0) is 14.5. The fourth-order valence-corrected chi connectivity index (χ4v) is 2.74. The van der Waals surface area contributed by atoms with Crippen molar-refractivity contribution in [1.82, 2.24) is 10.2 Å². The van der Waals surface area contributed by atoms with Crippen molar-refractivity contribution >= 4 is 24.8 Å². The van der Waals surface area contributed by atoms with Gasteiger partial charge in [0.2, 0.25) is 0 Å². The van der Waals surface area contributed by atoms with Gasteiger partial charge in [-0.2, -0.15) is 0 Å². The van der Waals surface area contributed by atoms with Crippen LogP contribution in [-0.2, 0) is 0 Å². The van der Waals surface area contributed by atoms with E-state index < -0.39 is 17.5 Å². The van der Waals surface area contributed by atoms with E-state index in [1.807, 2.05) is 0 Å². The number of unbranched alkanes of at least 4 members (excludes halogenated alkanes) is 1. The maximum atomic E-state index is 14.0. The minimum Gasteiger partial charge on any atom is -0.314 e. The lowest BCUT2D eigenvalue weighted by Crippen LogP contribution is -2.45. The zero-order valence-corrected chi connectivity index (χ0v) is 14.2. The minimum atomic E-state index is -1.10. The first-order valence-electron chi connectivity index (χ1n) is 7.22. The van der Waals surface area contributed by atoms with Gasteiger partial charge in [0.25, 0.3) is 0 Å². The highest BCUT2D eigenvalue weighted by atomic mass is 35.5. The molecule has 1 aliphatic heterocycles. The molecular formula is C15H23Cl2F3N2. The van der Waals surface area contributed by atoms with Crippen LogP contribution < -0.4 is 5.32 Å². The van der Waals surface area contributed by atoms with Gasteiger partial charge in [0.05, 0.1) is 0 Å². The number of hydrogen-bond donors (Lipinski definition) is 1. The molecule has 0 aromatic heterocycles. The Balaban J connectivity index is 0.00000220. The van der Waals surface area contributed by atoms with Gasteiger partial charge in [0, 0.05) is 43.9 Å². The van der Waals surface area contributed by atoms with Gasteiger partial charge in [0.1, 0.15) is 5.82 Å². The lowest BCUT2D eigenvalue weighted by Gasteiger charge is -2.35. The second kappa shape index (κ2) is 10.3. The van der Waals surface area contributed by atoms with E-state index in [1.54, 1.807) is 0 Å². The van der Waals surface area contributed by atoms with Crippen LogP contribution in [0.15, 0.2) is 12.1 Å². The van der Waals surface area contributed by atoms with Crippen molar-refractivity contribution in [3.8, 4) is 0 Å². The summed E-state index contributed by atoms with van der Waals surface area (Å²) in [6.07, 6.45) is 2.60. The Morgan fingerprint density at radius 3 is 2.36 bits per heavy atom. The second-order valence-corrected chi connectivity index (χ2v) is 5.23. The Kier molecular flexibility index (Phi) is 10.1. The Bertz CT molecular complexity index is 455. The van der Waals surface area contributed by atoms with Gasteiger partial charge in [-0.25, -0.2) is 13.2 Å². The summed E-state index contributed by atoms with van der Waals surface area (Å²) in [5, 5.41) is 3.23. The fourth-order valence-electron chi connectivity index (χ4n) is 2.74. The standard InChI is InChI=1S/C15H21F3N2.2ClH/c1-2-3-4-14(20-7-5-19-6-8-20)12-9-11(16)10-13(17)15(12)18;;/h9-10,14,19H,2-8H2,1H3;2*1H/t14-;;/m1../s1. The maximum absolute atomic E-state index is 14.0. The van der Waals surface area contributed by atoms with E-state index in [-0.39, 0.29) is 36.4 Å². The third-order valence-corrected chi connectivity index (χ3v) is 3.80. The molecule has 128 valence electrons. The molecule has 0 spiro atoms. The average molecular weight is 359 g/mol. The number of nitrogens with one attached hydrogen (secondary N) is 1. The Labute approximate surface area is 142 Å². The van der Waals surface area contributed by atoms with Crippen molar-refractivity contribution < 1.29 is 13.2 Å². The highest BCUT2D eigenvalue weighted by Crippen LogP contribution is 2.30.